The lowest BCUT2D eigenvalue weighted by Crippen LogP contribution is -2.30. The molecule has 0 N–H and O–H groups in total. The van der Waals surface area contributed by atoms with Crippen molar-refractivity contribution >= 4 is 5.91 Å². The molecule has 0 spiro atoms. The molecule has 140 valence electrons. The molecule has 6 heteroatoms. The van der Waals surface area contributed by atoms with Crippen LogP contribution >= 0.6 is 0 Å². The number of para-hydroxylation sites is 1. The van der Waals surface area contributed by atoms with Crippen molar-refractivity contribution in [2.24, 2.45) is 0 Å². The van der Waals surface area contributed by atoms with Gasteiger partial charge < -0.3 is 9.64 Å². The maximum Gasteiger partial charge on any atom is 0.226 e. The number of amides is 1. The fraction of sp³-hybridized carbons (Fsp3) is 0.286. The van der Waals surface area contributed by atoms with Crippen molar-refractivity contribution in [2.75, 3.05) is 13.7 Å². The minimum Gasteiger partial charge on any atom is -0.493 e. The number of ether oxygens (including phenoxy) is 1. The summed E-state index contributed by atoms with van der Waals surface area (Å²) in [5, 5.41) is 4.12. The van der Waals surface area contributed by atoms with Crippen LogP contribution in [0.1, 0.15) is 30.5 Å². The van der Waals surface area contributed by atoms with Crippen molar-refractivity contribution in [2.45, 2.75) is 26.3 Å². The van der Waals surface area contributed by atoms with Crippen LogP contribution in [0.4, 0.5) is 0 Å². The second kappa shape index (κ2) is 8.49. The van der Waals surface area contributed by atoms with E-state index in [0.717, 1.165) is 22.6 Å². The molecule has 1 aromatic heterocycles. The molecule has 0 aliphatic carbocycles. The number of carbonyl (C=O) groups excluding carboxylic acids is 1. The van der Waals surface area contributed by atoms with E-state index in [9.17, 15) is 4.79 Å². The first kappa shape index (κ1) is 18.6. The number of aryl methyl sites for hydroxylation is 1. The molecule has 1 amide bonds. The molecule has 3 aromatic rings. The van der Waals surface area contributed by atoms with Crippen LogP contribution in [0.3, 0.4) is 0 Å². The summed E-state index contributed by atoms with van der Waals surface area (Å²) in [6, 6.07) is 15.8. The van der Waals surface area contributed by atoms with E-state index in [1.807, 2.05) is 69.4 Å². The zero-order chi connectivity index (χ0) is 19.2. The minimum atomic E-state index is -0.0271. The Morgan fingerprint density at radius 1 is 1.19 bits per heavy atom. The van der Waals surface area contributed by atoms with Gasteiger partial charge in [0.25, 0.3) is 0 Å². The number of benzene rings is 2. The number of rotatable bonds is 7. The summed E-state index contributed by atoms with van der Waals surface area (Å²) < 4.78 is 7.44. The molecule has 0 unspecified atom stereocenters. The van der Waals surface area contributed by atoms with Gasteiger partial charge in [0, 0.05) is 7.05 Å². The van der Waals surface area contributed by atoms with E-state index in [-0.39, 0.29) is 11.9 Å². The van der Waals surface area contributed by atoms with Crippen LogP contribution in [0.2, 0.25) is 0 Å². The normalized spacial score (nSPS) is 11.8. The van der Waals surface area contributed by atoms with Gasteiger partial charge in [0.2, 0.25) is 5.91 Å². The van der Waals surface area contributed by atoms with Gasteiger partial charge in [-0.1, -0.05) is 30.3 Å². The smallest absolute Gasteiger partial charge is 0.226 e. The van der Waals surface area contributed by atoms with Crippen LogP contribution in [0.5, 0.6) is 5.75 Å². The van der Waals surface area contributed by atoms with Gasteiger partial charge >= 0.3 is 0 Å². The Kier molecular flexibility index (Phi) is 5.86. The van der Waals surface area contributed by atoms with E-state index >= 15 is 0 Å². The van der Waals surface area contributed by atoms with Crippen LogP contribution in [0.15, 0.2) is 61.2 Å². The lowest BCUT2D eigenvalue weighted by molar-refractivity contribution is -0.132. The van der Waals surface area contributed by atoms with Crippen LogP contribution < -0.4 is 4.74 Å². The second-order valence-corrected chi connectivity index (χ2v) is 6.48. The van der Waals surface area contributed by atoms with Crippen LogP contribution in [-0.2, 0) is 4.79 Å². The third-order valence-corrected chi connectivity index (χ3v) is 4.70. The molecule has 1 atom stereocenters. The molecule has 2 aromatic carbocycles. The molecule has 0 radical (unpaired) electrons. The zero-order valence-electron chi connectivity index (χ0n) is 15.9. The van der Waals surface area contributed by atoms with Gasteiger partial charge in [-0.2, -0.15) is 5.10 Å². The Morgan fingerprint density at radius 3 is 2.59 bits per heavy atom. The van der Waals surface area contributed by atoms with Crippen molar-refractivity contribution < 1.29 is 9.53 Å². The van der Waals surface area contributed by atoms with Crippen molar-refractivity contribution in [3.63, 3.8) is 0 Å². The summed E-state index contributed by atoms with van der Waals surface area (Å²) in [5.41, 5.74) is 3.07. The Hall–Kier alpha value is -3.15. The highest BCUT2D eigenvalue weighted by Crippen LogP contribution is 2.21. The zero-order valence-corrected chi connectivity index (χ0v) is 15.9. The predicted molar refractivity (Wildman–Crippen MR) is 104 cm³/mol. The summed E-state index contributed by atoms with van der Waals surface area (Å²) in [4.78, 5) is 18.2. The average molecular weight is 364 g/mol. The maximum atomic E-state index is 12.5. The van der Waals surface area contributed by atoms with Gasteiger partial charge in [-0.25, -0.2) is 9.67 Å². The van der Waals surface area contributed by atoms with Gasteiger partial charge in [-0.05, 0) is 43.2 Å². The first-order valence-electron chi connectivity index (χ1n) is 8.95. The first-order chi connectivity index (χ1) is 13.1. The monoisotopic (exact) mass is 364 g/mol. The topological polar surface area (TPSA) is 60.2 Å². The molecule has 27 heavy (non-hydrogen) atoms. The van der Waals surface area contributed by atoms with E-state index in [0.29, 0.717) is 13.0 Å². The van der Waals surface area contributed by atoms with Gasteiger partial charge in [0.1, 0.15) is 18.4 Å². The van der Waals surface area contributed by atoms with Crippen LogP contribution in [-0.4, -0.2) is 39.2 Å². The molecule has 0 bridgehead atoms. The Labute approximate surface area is 159 Å². The first-order valence-corrected chi connectivity index (χ1v) is 8.95. The number of carbonyl (C=O) groups is 1. The highest BCUT2D eigenvalue weighted by Gasteiger charge is 2.17. The fourth-order valence-corrected chi connectivity index (χ4v) is 2.83. The Morgan fingerprint density at radius 2 is 1.93 bits per heavy atom. The summed E-state index contributed by atoms with van der Waals surface area (Å²) in [6.45, 7) is 4.38. The van der Waals surface area contributed by atoms with E-state index < -0.39 is 0 Å². The van der Waals surface area contributed by atoms with Gasteiger partial charge in [0.05, 0.1) is 24.8 Å². The molecule has 0 saturated carbocycles. The third-order valence-electron chi connectivity index (χ3n) is 4.70. The number of hydrogen-bond donors (Lipinski definition) is 0. The third kappa shape index (κ3) is 4.53. The molecule has 1 heterocycles. The molecule has 0 saturated heterocycles. The summed E-state index contributed by atoms with van der Waals surface area (Å²) in [5.74, 6) is 0.876. The average Bonchev–Trinajstić information content (AvgIpc) is 3.23. The number of aromatic nitrogens is 3. The van der Waals surface area contributed by atoms with E-state index in [1.165, 1.54) is 6.33 Å². The van der Waals surface area contributed by atoms with Crippen molar-refractivity contribution in [1.82, 2.24) is 19.7 Å². The standard InChI is InChI=1S/C21H24N4O2/c1-16-6-4-5-7-20(16)27-13-12-21(26)24(3)17(2)18-8-10-19(11-9-18)25-15-22-14-23-25/h4-11,14-15,17H,12-13H2,1-3H3/t17-/m0/s1. The summed E-state index contributed by atoms with van der Waals surface area (Å²) in [6.07, 6.45) is 3.50. The van der Waals surface area contributed by atoms with Crippen LogP contribution in [0, 0.1) is 6.92 Å². The molecule has 0 aliphatic heterocycles. The van der Waals surface area contributed by atoms with Gasteiger partial charge in [-0.3, -0.25) is 4.79 Å². The lowest BCUT2D eigenvalue weighted by atomic mass is 10.1. The van der Waals surface area contributed by atoms with Crippen molar-refractivity contribution in [3.05, 3.63) is 72.3 Å². The summed E-state index contributed by atoms with van der Waals surface area (Å²) >= 11 is 0. The molecule has 6 nitrogen and oxygen atoms in total. The van der Waals surface area contributed by atoms with E-state index in [4.69, 9.17) is 4.74 Å². The van der Waals surface area contributed by atoms with Gasteiger partial charge in [-0.15, -0.1) is 0 Å². The molecule has 3 rings (SSSR count). The van der Waals surface area contributed by atoms with Crippen molar-refractivity contribution in [1.29, 1.82) is 0 Å². The highest BCUT2D eigenvalue weighted by molar-refractivity contribution is 5.76. The van der Waals surface area contributed by atoms with E-state index in [1.54, 1.807) is 15.9 Å². The predicted octanol–water partition coefficient (Wildman–Crippen LogP) is 3.56. The fourth-order valence-electron chi connectivity index (χ4n) is 2.83. The molecular formula is C21H24N4O2. The number of nitrogens with zero attached hydrogens (tertiary/aromatic N) is 4. The Bertz CT molecular complexity index is 875. The lowest BCUT2D eigenvalue weighted by Gasteiger charge is -2.25. The largest absolute Gasteiger partial charge is 0.493 e. The quantitative estimate of drug-likeness (QED) is 0.643. The highest BCUT2D eigenvalue weighted by atomic mass is 16.5. The molecule has 0 fully saturated rings. The second-order valence-electron chi connectivity index (χ2n) is 6.48. The maximum absolute atomic E-state index is 12.5. The van der Waals surface area contributed by atoms with Crippen LogP contribution in [0.25, 0.3) is 5.69 Å². The number of hydrogen-bond acceptors (Lipinski definition) is 4. The molecule has 0 aliphatic rings. The minimum absolute atomic E-state index is 0.0271. The summed E-state index contributed by atoms with van der Waals surface area (Å²) in [7, 11) is 1.83. The van der Waals surface area contributed by atoms with Crippen molar-refractivity contribution in [3.8, 4) is 11.4 Å². The SMILES string of the molecule is Cc1ccccc1OCCC(=O)N(C)[C@@H](C)c1ccc(-n2cncn2)cc1. The van der Waals surface area contributed by atoms with Gasteiger partial charge in [0.15, 0.2) is 0 Å². The Balaban J connectivity index is 1.55. The molecular weight excluding hydrogens is 340 g/mol. The van der Waals surface area contributed by atoms with E-state index in [2.05, 4.69) is 10.1 Å².